The lowest BCUT2D eigenvalue weighted by atomic mass is 9.87. The third kappa shape index (κ3) is 4.63. The predicted molar refractivity (Wildman–Crippen MR) is 108 cm³/mol. The molecule has 1 aliphatic heterocycles. The Bertz CT molecular complexity index is 871. The van der Waals surface area contributed by atoms with Crippen LogP contribution in [0.4, 0.5) is 18.9 Å². The summed E-state index contributed by atoms with van der Waals surface area (Å²) in [6.45, 7) is 4.38. The molecule has 0 bridgehead atoms. The van der Waals surface area contributed by atoms with Crippen molar-refractivity contribution in [3.05, 3.63) is 36.0 Å². The van der Waals surface area contributed by atoms with Crippen molar-refractivity contribution in [2.24, 2.45) is 11.7 Å². The van der Waals surface area contributed by atoms with Gasteiger partial charge < -0.3 is 15.5 Å². The zero-order valence-corrected chi connectivity index (χ0v) is 16.7. The van der Waals surface area contributed by atoms with Crippen molar-refractivity contribution in [3.8, 4) is 0 Å². The number of benzene rings is 1. The lowest BCUT2D eigenvalue weighted by Crippen LogP contribution is -2.47. The Morgan fingerprint density at radius 3 is 2.76 bits per heavy atom. The highest BCUT2D eigenvalue weighted by atomic mass is 19.4. The number of carbonyl (C=O) groups is 1. The third-order valence-electron chi connectivity index (χ3n) is 5.86. The molecule has 1 saturated heterocycles. The molecule has 0 aliphatic carbocycles. The number of halogens is 3. The molecule has 2 aromatic rings. The zero-order valence-electron chi connectivity index (χ0n) is 16.7. The van der Waals surface area contributed by atoms with Gasteiger partial charge in [-0.05, 0) is 63.7 Å². The Morgan fingerprint density at radius 2 is 2.10 bits per heavy atom. The van der Waals surface area contributed by atoms with Gasteiger partial charge in [0.15, 0.2) is 0 Å². The molecule has 1 aromatic carbocycles. The Labute approximate surface area is 168 Å². The number of carbonyl (C=O) groups excluding carboxylic acids is 1. The normalized spacial score (nSPS) is 20.4. The Morgan fingerprint density at radius 1 is 1.34 bits per heavy atom. The first-order chi connectivity index (χ1) is 13.7. The summed E-state index contributed by atoms with van der Waals surface area (Å²) in [5.41, 5.74) is 5.51. The van der Waals surface area contributed by atoms with Crippen LogP contribution >= 0.6 is 0 Å². The number of anilines is 1. The molecule has 8 heteroatoms. The number of hydrogen-bond acceptors (Lipinski definition) is 4. The van der Waals surface area contributed by atoms with Gasteiger partial charge in [0.1, 0.15) is 0 Å². The molecule has 2 N–H and O–H groups in total. The van der Waals surface area contributed by atoms with E-state index in [4.69, 9.17) is 5.73 Å². The van der Waals surface area contributed by atoms with Gasteiger partial charge in [-0.1, -0.05) is 6.92 Å². The maximum absolute atomic E-state index is 13.4. The van der Waals surface area contributed by atoms with E-state index in [9.17, 15) is 18.0 Å². The largest absolute Gasteiger partial charge is 0.418 e. The van der Waals surface area contributed by atoms with Crippen LogP contribution in [0.25, 0.3) is 10.9 Å². The number of amides is 1. The minimum atomic E-state index is -4.46. The fourth-order valence-corrected chi connectivity index (χ4v) is 4.06. The van der Waals surface area contributed by atoms with Crippen molar-refractivity contribution in [2.75, 3.05) is 31.6 Å². The molecule has 2 atom stereocenters. The zero-order chi connectivity index (χ0) is 21.2. The molecular formula is C21H27F3N4O. The number of nitrogens with two attached hydrogens (primary N) is 1. The quantitative estimate of drug-likeness (QED) is 0.792. The lowest BCUT2D eigenvalue weighted by molar-refractivity contribution is -0.136. The fourth-order valence-electron chi connectivity index (χ4n) is 4.06. The molecule has 1 amide bonds. The summed E-state index contributed by atoms with van der Waals surface area (Å²) in [6, 6.07) is 6.01. The van der Waals surface area contributed by atoms with Gasteiger partial charge in [-0.3, -0.25) is 9.78 Å². The van der Waals surface area contributed by atoms with Crippen LogP contribution < -0.4 is 10.6 Å². The molecule has 3 rings (SSSR count). The molecule has 0 radical (unpaired) electrons. The van der Waals surface area contributed by atoms with Gasteiger partial charge in [0, 0.05) is 35.8 Å². The molecule has 0 saturated carbocycles. The lowest BCUT2D eigenvalue weighted by Gasteiger charge is -2.41. The minimum Gasteiger partial charge on any atom is -0.369 e. The van der Waals surface area contributed by atoms with Gasteiger partial charge in [0.2, 0.25) is 5.91 Å². The predicted octanol–water partition coefficient (Wildman–Crippen LogP) is 3.67. The number of pyridine rings is 1. The summed E-state index contributed by atoms with van der Waals surface area (Å²) in [4.78, 5) is 20.1. The Hall–Kier alpha value is -2.35. The highest BCUT2D eigenvalue weighted by Gasteiger charge is 2.36. The van der Waals surface area contributed by atoms with Crippen LogP contribution in [0.2, 0.25) is 0 Å². The topological polar surface area (TPSA) is 62.5 Å². The van der Waals surface area contributed by atoms with Crippen molar-refractivity contribution in [3.63, 3.8) is 0 Å². The van der Waals surface area contributed by atoms with E-state index in [1.165, 1.54) is 12.3 Å². The van der Waals surface area contributed by atoms with E-state index >= 15 is 0 Å². The standard InChI is InChI=1S/C21H27F3N4O/c1-3-27(2)11-9-15-13-14(20(25)29)8-12-28(15)18-7-6-17(21(22,23)24)19-16(18)5-4-10-26-19/h4-7,10,14-15H,3,8-9,11-13H2,1-2H3,(H2,25,29). The average Bonchev–Trinajstić information content (AvgIpc) is 2.70. The smallest absolute Gasteiger partial charge is 0.369 e. The molecule has 158 valence electrons. The maximum atomic E-state index is 13.4. The molecular weight excluding hydrogens is 381 g/mol. The Kier molecular flexibility index (Phi) is 6.31. The number of piperidine rings is 1. The van der Waals surface area contributed by atoms with E-state index in [2.05, 4.69) is 21.7 Å². The van der Waals surface area contributed by atoms with E-state index in [1.807, 2.05) is 7.05 Å². The molecule has 5 nitrogen and oxygen atoms in total. The third-order valence-corrected chi connectivity index (χ3v) is 5.86. The first-order valence-corrected chi connectivity index (χ1v) is 9.91. The second-order valence-electron chi connectivity index (χ2n) is 7.69. The van der Waals surface area contributed by atoms with Crippen molar-refractivity contribution in [1.82, 2.24) is 9.88 Å². The summed E-state index contributed by atoms with van der Waals surface area (Å²) in [6.07, 6.45) is -1.08. The highest BCUT2D eigenvalue weighted by molar-refractivity contribution is 5.94. The second-order valence-corrected chi connectivity index (χ2v) is 7.69. The molecule has 0 spiro atoms. The highest BCUT2D eigenvalue weighted by Crippen LogP contribution is 2.39. The van der Waals surface area contributed by atoms with Crippen molar-refractivity contribution in [1.29, 1.82) is 0 Å². The summed E-state index contributed by atoms with van der Waals surface area (Å²) in [5.74, 6) is -0.514. The number of alkyl halides is 3. The van der Waals surface area contributed by atoms with Crippen LogP contribution in [0.15, 0.2) is 30.5 Å². The van der Waals surface area contributed by atoms with Crippen LogP contribution in [-0.4, -0.2) is 48.5 Å². The number of primary amides is 1. The first-order valence-electron chi connectivity index (χ1n) is 9.91. The van der Waals surface area contributed by atoms with Gasteiger partial charge in [-0.15, -0.1) is 0 Å². The van der Waals surface area contributed by atoms with Gasteiger partial charge in [0.25, 0.3) is 0 Å². The number of hydrogen-bond donors (Lipinski definition) is 1. The van der Waals surface area contributed by atoms with Crippen molar-refractivity contribution >= 4 is 22.5 Å². The van der Waals surface area contributed by atoms with Gasteiger partial charge in [-0.2, -0.15) is 13.2 Å². The second kappa shape index (κ2) is 8.57. The SMILES string of the molecule is CCN(C)CCC1CC(C(N)=O)CCN1c1ccc(C(F)(F)F)c2ncccc12. The van der Waals surface area contributed by atoms with Crippen LogP contribution in [0.3, 0.4) is 0 Å². The van der Waals surface area contributed by atoms with E-state index in [0.717, 1.165) is 31.3 Å². The number of fused-ring (bicyclic) bond motifs is 1. The maximum Gasteiger partial charge on any atom is 0.418 e. The van der Waals surface area contributed by atoms with Crippen LogP contribution in [0.1, 0.15) is 31.7 Å². The monoisotopic (exact) mass is 408 g/mol. The summed E-state index contributed by atoms with van der Waals surface area (Å²) in [7, 11) is 2.02. The summed E-state index contributed by atoms with van der Waals surface area (Å²) >= 11 is 0. The van der Waals surface area contributed by atoms with Gasteiger partial charge in [0.05, 0.1) is 11.1 Å². The molecule has 29 heavy (non-hydrogen) atoms. The summed E-state index contributed by atoms with van der Waals surface area (Å²) in [5, 5.41) is 0.480. The molecule has 1 aromatic heterocycles. The first kappa shape index (κ1) is 21.4. The molecule has 1 aliphatic rings. The van der Waals surface area contributed by atoms with Gasteiger partial charge >= 0.3 is 6.18 Å². The van der Waals surface area contributed by atoms with E-state index < -0.39 is 11.7 Å². The molecule has 2 unspecified atom stereocenters. The van der Waals surface area contributed by atoms with Gasteiger partial charge in [-0.25, -0.2) is 0 Å². The minimum absolute atomic E-state index is 0.0235. The van der Waals surface area contributed by atoms with E-state index in [1.54, 1.807) is 12.1 Å². The fraction of sp³-hybridized carbons (Fsp3) is 0.524. The molecule has 2 heterocycles. The number of rotatable bonds is 6. The molecule has 1 fully saturated rings. The van der Waals surface area contributed by atoms with Crippen LogP contribution in [0, 0.1) is 5.92 Å². The van der Waals surface area contributed by atoms with Crippen LogP contribution in [0.5, 0.6) is 0 Å². The van der Waals surface area contributed by atoms with E-state index in [-0.39, 0.29) is 23.4 Å². The van der Waals surface area contributed by atoms with Crippen molar-refractivity contribution in [2.45, 2.75) is 38.4 Å². The summed E-state index contributed by atoms with van der Waals surface area (Å²) < 4.78 is 40.3. The van der Waals surface area contributed by atoms with E-state index in [0.29, 0.717) is 24.8 Å². The Balaban J connectivity index is 2.00. The van der Waals surface area contributed by atoms with Crippen LogP contribution in [-0.2, 0) is 11.0 Å². The average molecular weight is 408 g/mol. The van der Waals surface area contributed by atoms with Crippen molar-refractivity contribution < 1.29 is 18.0 Å². The number of nitrogens with zero attached hydrogens (tertiary/aromatic N) is 3. The number of aromatic nitrogens is 1.